The van der Waals surface area contributed by atoms with Gasteiger partial charge in [0.05, 0.1) is 7.11 Å². The predicted octanol–water partition coefficient (Wildman–Crippen LogP) is 2.59. The van der Waals surface area contributed by atoms with E-state index in [0.717, 1.165) is 30.3 Å². The maximum Gasteiger partial charge on any atom is 0.274 e. The van der Waals surface area contributed by atoms with Gasteiger partial charge in [0.1, 0.15) is 11.6 Å². The highest BCUT2D eigenvalue weighted by Gasteiger charge is 2.23. The van der Waals surface area contributed by atoms with Crippen LogP contribution in [0.1, 0.15) is 10.5 Å². The van der Waals surface area contributed by atoms with Gasteiger partial charge in [-0.15, -0.1) is 10.2 Å². The fourth-order valence-electron chi connectivity index (χ4n) is 3.18. The van der Waals surface area contributed by atoms with Gasteiger partial charge in [-0.25, -0.2) is 4.98 Å². The van der Waals surface area contributed by atoms with Gasteiger partial charge in [0.25, 0.3) is 5.91 Å². The van der Waals surface area contributed by atoms with Crippen LogP contribution in [0.2, 0.25) is 0 Å². The zero-order chi connectivity index (χ0) is 20.1. The lowest BCUT2D eigenvalue weighted by molar-refractivity contribution is 0.0739. The number of amides is 1. The van der Waals surface area contributed by atoms with Gasteiger partial charge in [-0.2, -0.15) is 0 Å². The van der Waals surface area contributed by atoms with Gasteiger partial charge in [-0.3, -0.25) is 4.79 Å². The van der Waals surface area contributed by atoms with Crippen molar-refractivity contribution in [3.63, 3.8) is 0 Å². The molecule has 3 aromatic rings. The van der Waals surface area contributed by atoms with Crippen LogP contribution in [0.5, 0.6) is 5.75 Å². The Kier molecular flexibility index (Phi) is 5.51. The number of aromatic nitrogens is 3. The second kappa shape index (κ2) is 8.55. The van der Waals surface area contributed by atoms with Gasteiger partial charge >= 0.3 is 0 Å². The highest BCUT2D eigenvalue weighted by Crippen LogP contribution is 2.19. The monoisotopic (exact) mass is 390 g/mol. The van der Waals surface area contributed by atoms with Gasteiger partial charge in [0.15, 0.2) is 11.5 Å². The average Bonchev–Trinajstić information content (AvgIpc) is 2.80. The number of methoxy groups -OCH3 is 1. The Morgan fingerprint density at radius 3 is 2.38 bits per heavy atom. The molecule has 1 N–H and O–H groups in total. The van der Waals surface area contributed by atoms with Crippen LogP contribution in [0.15, 0.2) is 60.8 Å². The predicted molar refractivity (Wildman–Crippen MR) is 111 cm³/mol. The third kappa shape index (κ3) is 4.43. The van der Waals surface area contributed by atoms with E-state index in [9.17, 15) is 4.79 Å². The van der Waals surface area contributed by atoms with Gasteiger partial charge < -0.3 is 19.9 Å². The Morgan fingerprint density at radius 2 is 1.76 bits per heavy atom. The molecule has 148 valence electrons. The van der Waals surface area contributed by atoms with Crippen molar-refractivity contribution in [1.29, 1.82) is 0 Å². The third-order valence-electron chi connectivity index (χ3n) is 4.79. The van der Waals surface area contributed by atoms with Gasteiger partial charge in [-0.1, -0.05) is 6.07 Å². The van der Waals surface area contributed by atoms with Crippen molar-refractivity contribution in [2.45, 2.75) is 0 Å². The first kappa shape index (κ1) is 18.7. The molecule has 29 heavy (non-hydrogen) atoms. The van der Waals surface area contributed by atoms with E-state index in [4.69, 9.17) is 4.74 Å². The zero-order valence-electron chi connectivity index (χ0n) is 16.2. The van der Waals surface area contributed by atoms with Gasteiger partial charge in [0, 0.05) is 38.1 Å². The molecule has 0 saturated carbocycles. The number of carbonyl (C=O) groups excluding carboxylic acids is 1. The summed E-state index contributed by atoms with van der Waals surface area (Å²) in [7, 11) is 1.63. The molecule has 2 aromatic heterocycles. The van der Waals surface area contributed by atoms with Crippen LogP contribution < -0.4 is 15.0 Å². The number of hydrogen-bond donors (Lipinski definition) is 1. The minimum absolute atomic E-state index is 0.103. The number of ether oxygens (including phenoxy) is 1. The van der Waals surface area contributed by atoms with Crippen LogP contribution in [0, 0.1) is 0 Å². The summed E-state index contributed by atoms with van der Waals surface area (Å²) in [5.74, 6) is 2.19. The highest BCUT2D eigenvalue weighted by atomic mass is 16.5. The van der Waals surface area contributed by atoms with Crippen molar-refractivity contribution < 1.29 is 9.53 Å². The molecule has 8 heteroatoms. The maximum absolute atomic E-state index is 12.7. The van der Waals surface area contributed by atoms with Crippen molar-refractivity contribution in [2.75, 3.05) is 43.5 Å². The number of benzene rings is 1. The van der Waals surface area contributed by atoms with Gasteiger partial charge in [0.2, 0.25) is 0 Å². The Hall–Kier alpha value is -3.68. The second-order valence-electron chi connectivity index (χ2n) is 6.62. The summed E-state index contributed by atoms with van der Waals surface area (Å²) < 4.78 is 5.15. The molecule has 1 aliphatic rings. The summed E-state index contributed by atoms with van der Waals surface area (Å²) in [6.45, 7) is 2.74. The number of pyridine rings is 1. The fourth-order valence-corrected chi connectivity index (χ4v) is 3.18. The third-order valence-corrected chi connectivity index (χ3v) is 4.79. The van der Waals surface area contributed by atoms with Crippen molar-refractivity contribution in [3.8, 4) is 5.75 Å². The molecule has 3 heterocycles. The number of nitrogens with one attached hydrogen (secondary N) is 1. The molecule has 8 nitrogen and oxygen atoms in total. The van der Waals surface area contributed by atoms with Gasteiger partial charge in [-0.05, 0) is 48.5 Å². The normalized spacial score (nSPS) is 13.8. The van der Waals surface area contributed by atoms with Crippen molar-refractivity contribution in [1.82, 2.24) is 20.1 Å². The van der Waals surface area contributed by atoms with E-state index in [2.05, 4.69) is 25.4 Å². The summed E-state index contributed by atoms with van der Waals surface area (Å²) in [4.78, 5) is 21.1. The maximum atomic E-state index is 12.7. The van der Waals surface area contributed by atoms with E-state index in [-0.39, 0.29) is 5.91 Å². The summed E-state index contributed by atoms with van der Waals surface area (Å²) in [5.41, 5.74) is 1.21. The number of carbonyl (C=O) groups is 1. The number of rotatable bonds is 5. The summed E-state index contributed by atoms with van der Waals surface area (Å²) >= 11 is 0. The van der Waals surface area contributed by atoms with Crippen LogP contribution in [-0.4, -0.2) is 59.3 Å². The molecular formula is C21H22N6O2. The first-order valence-electron chi connectivity index (χ1n) is 9.43. The Bertz CT molecular complexity index is 939. The molecule has 1 saturated heterocycles. The van der Waals surface area contributed by atoms with E-state index < -0.39 is 0 Å². The molecule has 1 fully saturated rings. The van der Waals surface area contributed by atoms with E-state index in [1.807, 2.05) is 42.5 Å². The molecular weight excluding hydrogens is 368 g/mol. The quantitative estimate of drug-likeness (QED) is 0.717. The Balaban J connectivity index is 1.34. The average molecular weight is 390 g/mol. The van der Waals surface area contributed by atoms with Crippen LogP contribution in [0.4, 0.5) is 17.3 Å². The van der Waals surface area contributed by atoms with Crippen molar-refractivity contribution in [3.05, 3.63) is 66.5 Å². The molecule has 1 amide bonds. The summed E-state index contributed by atoms with van der Waals surface area (Å²) in [6, 6.07) is 16.8. The molecule has 4 rings (SSSR count). The van der Waals surface area contributed by atoms with Crippen LogP contribution in [0.3, 0.4) is 0 Å². The standard InChI is InChI=1S/C21H22N6O2/c1-29-17-7-5-16(6-8-17)23-19-10-9-18(24-25-19)21(28)27-14-12-26(13-15-27)20-4-2-3-11-22-20/h2-11H,12-15H2,1H3,(H,23,25). The largest absolute Gasteiger partial charge is 0.497 e. The van der Waals surface area contributed by atoms with Crippen LogP contribution in [0.25, 0.3) is 0 Å². The minimum atomic E-state index is -0.103. The summed E-state index contributed by atoms with van der Waals surface area (Å²) in [6.07, 6.45) is 1.78. The lowest BCUT2D eigenvalue weighted by atomic mass is 10.2. The molecule has 0 bridgehead atoms. The fraction of sp³-hybridized carbons (Fsp3) is 0.238. The Labute approximate surface area is 169 Å². The minimum Gasteiger partial charge on any atom is -0.497 e. The molecule has 1 aromatic carbocycles. The number of nitrogens with zero attached hydrogens (tertiary/aromatic N) is 5. The van der Waals surface area contributed by atoms with Crippen LogP contribution >= 0.6 is 0 Å². The second-order valence-corrected chi connectivity index (χ2v) is 6.62. The van der Waals surface area contributed by atoms with Crippen molar-refractivity contribution in [2.24, 2.45) is 0 Å². The van der Waals surface area contributed by atoms with Crippen LogP contribution in [-0.2, 0) is 0 Å². The molecule has 1 aliphatic heterocycles. The van der Waals surface area contributed by atoms with E-state index in [1.54, 1.807) is 30.3 Å². The molecule has 0 aliphatic carbocycles. The number of anilines is 3. The lowest BCUT2D eigenvalue weighted by Crippen LogP contribution is -2.49. The molecule has 0 atom stereocenters. The van der Waals surface area contributed by atoms with Crippen molar-refractivity contribution >= 4 is 23.2 Å². The zero-order valence-corrected chi connectivity index (χ0v) is 16.2. The molecule has 0 radical (unpaired) electrons. The first-order valence-corrected chi connectivity index (χ1v) is 9.43. The topological polar surface area (TPSA) is 83.5 Å². The molecule has 0 unspecified atom stereocenters. The van der Waals surface area contributed by atoms with E-state index in [1.165, 1.54) is 0 Å². The van der Waals surface area contributed by atoms with E-state index in [0.29, 0.717) is 24.6 Å². The van der Waals surface area contributed by atoms with E-state index >= 15 is 0 Å². The number of piperazine rings is 1. The smallest absolute Gasteiger partial charge is 0.274 e. The SMILES string of the molecule is COc1ccc(Nc2ccc(C(=O)N3CCN(c4ccccn4)CC3)nn2)cc1. The Morgan fingerprint density at radius 1 is 0.966 bits per heavy atom. The highest BCUT2D eigenvalue weighted by molar-refractivity contribution is 5.92. The lowest BCUT2D eigenvalue weighted by Gasteiger charge is -2.35. The first-order chi connectivity index (χ1) is 14.2. The molecule has 0 spiro atoms. The summed E-state index contributed by atoms with van der Waals surface area (Å²) in [5, 5.41) is 11.4. The number of hydrogen-bond acceptors (Lipinski definition) is 7.